The molecule has 0 saturated heterocycles. The zero-order chi connectivity index (χ0) is 19.1. The number of carbonyl (C=O) groups is 2. The Morgan fingerprint density at radius 1 is 1.19 bits per heavy atom. The minimum absolute atomic E-state index is 0.0966. The maximum atomic E-state index is 12.4. The molecule has 1 saturated carbocycles. The predicted octanol–water partition coefficient (Wildman–Crippen LogP) is 2.40. The summed E-state index contributed by atoms with van der Waals surface area (Å²) < 4.78 is 15.9. The van der Waals surface area contributed by atoms with Crippen LogP contribution in [0.2, 0.25) is 0 Å². The van der Waals surface area contributed by atoms with Gasteiger partial charge in [0.15, 0.2) is 11.5 Å². The third kappa shape index (κ3) is 5.11. The highest BCUT2D eigenvalue weighted by atomic mass is 16.5. The van der Waals surface area contributed by atoms with Crippen LogP contribution in [0.15, 0.2) is 18.2 Å². The van der Waals surface area contributed by atoms with Crippen molar-refractivity contribution in [3.05, 3.63) is 23.8 Å². The van der Waals surface area contributed by atoms with E-state index < -0.39 is 11.9 Å². The summed E-state index contributed by atoms with van der Waals surface area (Å²) >= 11 is 0. The number of hydrogen-bond acceptors (Lipinski definition) is 5. The fourth-order valence-corrected chi connectivity index (χ4v) is 3.17. The van der Waals surface area contributed by atoms with Crippen molar-refractivity contribution < 1.29 is 28.9 Å². The lowest BCUT2D eigenvalue weighted by atomic mass is 10.0. The van der Waals surface area contributed by atoms with Gasteiger partial charge in [-0.15, -0.1) is 0 Å². The van der Waals surface area contributed by atoms with Gasteiger partial charge in [-0.05, 0) is 43.9 Å². The lowest BCUT2D eigenvalue weighted by Gasteiger charge is -2.19. The van der Waals surface area contributed by atoms with Crippen LogP contribution >= 0.6 is 0 Å². The molecular weight excluding hydrogens is 338 g/mol. The van der Waals surface area contributed by atoms with Crippen molar-refractivity contribution in [1.29, 1.82) is 0 Å². The van der Waals surface area contributed by atoms with Gasteiger partial charge in [0.1, 0.15) is 6.61 Å². The molecule has 0 radical (unpaired) electrons. The lowest BCUT2D eigenvalue weighted by Crippen LogP contribution is -2.32. The van der Waals surface area contributed by atoms with Gasteiger partial charge in [0.2, 0.25) is 5.91 Å². The van der Waals surface area contributed by atoms with Gasteiger partial charge < -0.3 is 24.6 Å². The van der Waals surface area contributed by atoms with Crippen LogP contribution in [0, 0.1) is 11.8 Å². The monoisotopic (exact) mass is 365 g/mol. The average molecular weight is 365 g/mol. The van der Waals surface area contributed by atoms with Gasteiger partial charge in [-0.1, -0.05) is 6.07 Å². The van der Waals surface area contributed by atoms with Crippen molar-refractivity contribution >= 4 is 11.9 Å². The summed E-state index contributed by atoms with van der Waals surface area (Å²) in [5.74, 6) is -0.358. The molecular formula is C19H27NO6. The number of amides is 1. The topological polar surface area (TPSA) is 94.1 Å². The second kappa shape index (κ2) is 9.43. The highest BCUT2D eigenvalue weighted by Gasteiger charge is 2.34. The van der Waals surface area contributed by atoms with Gasteiger partial charge in [0, 0.05) is 13.0 Å². The molecule has 3 atom stereocenters. The zero-order valence-corrected chi connectivity index (χ0v) is 15.5. The van der Waals surface area contributed by atoms with Gasteiger partial charge in [0.25, 0.3) is 0 Å². The molecule has 26 heavy (non-hydrogen) atoms. The van der Waals surface area contributed by atoms with E-state index in [1.54, 1.807) is 14.2 Å². The molecule has 144 valence electrons. The first-order valence-electron chi connectivity index (χ1n) is 8.79. The zero-order valence-electron chi connectivity index (χ0n) is 15.5. The van der Waals surface area contributed by atoms with Crippen molar-refractivity contribution in [3.63, 3.8) is 0 Å². The molecule has 7 heteroatoms. The summed E-state index contributed by atoms with van der Waals surface area (Å²) in [6, 6.07) is 5.31. The van der Waals surface area contributed by atoms with Gasteiger partial charge in [0.05, 0.1) is 25.7 Å². The quantitative estimate of drug-likeness (QED) is 0.653. The number of nitrogens with one attached hydrogen (secondary N) is 1. The molecule has 2 rings (SSSR count). The SMILES string of the molecule is COCCOc1ccc(C(C)NC(=O)[C@@H]2CC[C@H](C(=O)O)C2)cc1OC. The Morgan fingerprint density at radius 2 is 1.92 bits per heavy atom. The van der Waals surface area contributed by atoms with E-state index in [1.165, 1.54) is 0 Å². The van der Waals surface area contributed by atoms with E-state index in [0.717, 1.165) is 5.56 Å². The van der Waals surface area contributed by atoms with Crippen LogP contribution in [-0.2, 0) is 14.3 Å². The summed E-state index contributed by atoms with van der Waals surface area (Å²) in [6.07, 6.45) is 1.58. The molecule has 1 amide bonds. The van der Waals surface area contributed by atoms with Gasteiger partial charge in [-0.25, -0.2) is 0 Å². The van der Waals surface area contributed by atoms with Crippen molar-refractivity contribution in [2.75, 3.05) is 27.4 Å². The number of ether oxygens (including phenoxy) is 3. The third-order valence-electron chi connectivity index (χ3n) is 4.74. The number of methoxy groups -OCH3 is 2. The van der Waals surface area contributed by atoms with Crippen molar-refractivity contribution in [2.24, 2.45) is 11.8 Å². The first kappa shape index (κ1) is 20.0. The Bertz CT molecular complexity index is 632. The molecule has 1 aliphatic rings. The number of aliphatic carboxylic acids is 1. The van der Waals surface area contributed by atoms with E-state index in [0.29, 0.717) is 44.0 Å². The number of rotatable bonds is 9. The maximum absolute atomic E-state index is 12.4. The number of carboxylic acids is 1. The van der Waals surface area contributed by atoms with Gasteiger partial charge >= 0.3 is 5.97 Å². The third-order valence-corrected chi connectivity index (χ3v) is 4.74. The van der Waals surface area contributed by atoms with Gasteiger partial charge in [-0.2, -0.15) is 0 Å². The molecule has 1 unspecified atom stereocenters. The number of hydrogen-bond donors (Lipinski definition) is 2. The van der Waals surface area contributed by atoms with E-state index in [4.69, 9.17) is 19.3 Å². The van der Waals surface area contributed by atoms with E-state index >= 15 is 0 Å². The fourth-order valence-electron chi connectivity index (χ4n) is 3.17. The van der Waals surface area contributed by atoms with Gasteiger partial charge in [-0.3, -0.25) is 9.59 Å². The fraction of sp³-hybridized carbons (Fsp3) is 0.579. The number of benzene rings is 1. The molecule has 2 N–H and O–H groups in total. The first-order valence-corrected chi connectivity index (χ1v) is 8.79. The number of carboxylic acid groups (broad SMARTS) is 1. The second-order valence-electron chi connectivity index (χ2n) is 6.53. The Balaban J connectivity index is 1.97. The Morgan fingerprint density at radius 3 is 2.54 bits per heavy atom. The molecule has 1 fully saturated rings. The maximum Gasteiger partial charge on any atom is 0.306 e. The average Bonchev–Trinajstić information content (AvgIpc) is 3.12. The van der Waals surface area contributed by atoms with Crippen molar-refractivity contribution in [3.8, 4) is 11.5 Å². The summed E-state index contributed by atoms with van der Waals surface area (Å²) in [6.45, 7) is 2.79. The highest BCUT2D eigenvalue weighted by Crippen LogP contribution is 2.33. The standard InChI is InChI=1S/C19H27NO6/c1-12(20-18(21)14-4-5-15(10-14)19(22)23)13-6-7-16(17(11-13)25-3)26-9-8-24-2/h6-7,11-12,14-15H,4-5,8-10H2,1-3H3,(H,20,21)(H,22,23)/t12?,14-,15+/m1/s1. The van der Waals surface area contributed by atoms with Crippen LogP contribution in [0.25, 0.3) is 0 Å². The Labute approximate surface area is 153 Å². The Kier molecular flexibility index (Phi) is 7.26. The lowest BCUT2D eigenvalue weighted by molar-refractivity contribution is -0.141. The minimum atomic E-state index is -0.817. The normalized spacial score (nSPS) is 20.4. The molecule has 0 heterocycles. The van der Waals surface area contributed by atoms with E-state index in [1.807, 2.05) is 25.1 Å². The van der Waals surface area contributed by atoms with E-state index in [2.05, 4.69) is 5.32 Å². The molecule has 0 aromatic heterocycles. The molecule has 1 aliphatic carbocycles. The van der Waals surface area contributed by atoms with Crippen molar-refractivity contribution in [1.82, 2.24) is 5.32 Å². The molecule has 0 aliphatic heterocycles. The van der Waals surface area contributed by atoms with Crippen LogP contribution in [-0.4, -0.2) is 44.4 Å². The summed E-state index contributed by atoms with van der Waals surface area (Å²) in [7, 11) is 3.17. The minimum Gasteiger partial charge on any atom is -0.493 e. The summed E-state index contributed by atoms with van der Waals surface area (Å²) in [4.78, 5) is 23.5. The number of carbonyl (C=O) groups excluding carboxylic acids is 1. The van der Waals surface area contributed by atoms with E-state index in [-0.39, 0.29) is 17.9 Å². The predicted molar refractivity (Wildman–Crippen MR) is 95.4 cm³/mol. The Hall–Kier alpha value is -2.28. The second-order valence-corrected chi connectivity index (χ2v) is 6.53. The van der Waals surface area contributed by atoms with Crippen LogP contribution < -0.4 is 14.8 Å². The van der Waals surface area contributed by atoms with Crippen molar-refractivity contribution in [2.45, 2.75) is 32.2 Å². The van der Waals surface area contributed by atoms with Crippen LogP contribution in [0.5, 0.6) is 11.5 Å². The van der Waals surface area contributed by atoms with E-state index in [9.17, 15) is 9.59 Å². The van der Waals surface area contributed by atoms with Crippen LogP contribution in [0.3, 0.4) is 0 Å². The van der Waals surface area contributed by atoms with Crippen LogP contribution in [0.4, 0.5) is 0 Å². The molecule has 0 spiro atoms. The first-order chi connectivity index (χ1) is 12.5. The molecule has 1 aromatic rings. The smallest absolute Gasteiger partial charge is 0.306 e. The molecule has 0 bridgehead atoms. The largest absolute Gasteiger partial charge is 0.493 e. The summed E-state index contributed by atoms with van der Waals surface area (Å²) in [5.41, 5.74) is 0.891. The van der Waals surface area contributed by atoms with Crippen LogP contribution in [0.1, 0.15) is 37.8 Å². The molecule has 7 nitrogen and oxygen atoms in total. The molecule has 1 aromatic carbocycles. The summed E-state index contributed by atoms with van der Waals surface area (Å²) in [5, 5.41) is 12.0. The highest BCUT2D eigenvalue weighted by molar-refractivity contribution is 5.81.